The van der Waals surface area contributed by atoms with Crippen molar-refractivity contribution in [3.63, 3.8) is 0 Å². The summed E-state index contributed by atoms with van der Waals surface area (Å²) in [6, 6.07) is -0.458. The first kappa shape index (κ1) is 12.1. The highest BCUT2D eigenvalue weighted by atomic mass is 32.2. The van der Waals surface area contributed by atoms with E-state index in [4.69, 9.17) is 9.84 Å². The maximum absolute atomic E-state index is 9.87. The van der Waals surface area contributed by atoms with Gasteiger partial charge >= 0.3 is 0 Å². The molecule has 2 rings (SSSR count). The van der Waals surface area contributed by atoms with Crippen molar-refractivity contribution < 1.29 is 20.1 Å². The topological polar surface area (TPSA) is 85.5 Å². The molecule has 5 atom stereocenters. The minimum absolute atomic E-state index is 0.306. The van der Waals surface area contributed by atoms with Crippen molar-refractivity contribution >= 4 is 16.9 Å². The molecule has 92 valence electrons. The fourth-order valence-electron chi connectivity index (χ4n) is 1.78. The van der Waals surface area contributed by atoms with Crippen LogP contribution < -0.4 is 0 Å². The lowest BCUT2D eigenvalue weighted by Crippen LogP contribution is -2.55. The average Bonchev–Trinajstić information content (AvgIpc) is 2.67. The van der Waals surface area contributed by atoms with Gasteiger partial charge in [0.15, 0.2) is 5.17 Å². The van der Waals surface area contributed by atoms with E-state index >= 15 is 0 Å². The Balaban J connectivity index is 2.14. The van der Waals surface area contributed by atoms with E-state index in [0.29, 0.717) is 0 Å². The van der Waals surface area contributed by atoms with Crippen LogP contribution in [-0.2, 0) is 4.74 Å². The lowest BCUT2D eigenvalue weighted by atomic mass is 9.99. The van der Waals surface area contributed by atoms with E-state index in [1.807, 2.05) is 19.0 Å². The summed E-state index contributed by atoms with van der Waals surface area (Å²) >= 11 is 1.40. The minimum Gasteiger partial charge on any atom is -0.394 e. The molecule has 6 nitrogen and oxygen atoms in total. The van der Waals surface area contributed by atoms with Crippen LogP contribution in [0.2, 0.25) is 0 Å². The number of rotatable bonds is 1. The first-order valence-corrected chi connectivity index (χ1v) is 5.96. The van der Waals surface area contributed by atoms with Crippen LogP contribution >= 0.6 is 11.8 Å². The highest BCUT2D eigenvalue weighted by molar-refractivity contribution is 8.14. The molecule has 0 aromatic rings. The van der Waals surface area contributed by atoms with Gasteiger partial charge in [-0.3, -0.25) is 4.99 Å². The largest absolute Gasteiger partial charge is 0.394 e. The molecule has 0 bridgehead atoms. The molecule has 1 saturated heterocycles. The summed E-state index contributed by atoms with van der Waals surface area (Å²) in [6.07, 6.45) is -2.81. The van der Waals surface area contributed by atoms with Crippen molar-refractivity contribution in [1.29, 1.82) is 0 Å². The van der Waals surface area contributed by atoms with Crippen molar-refractivity contribution in [3.8, 4) is 0 Å². The van der Waals surface area contributed by atoms with Crippen molar-refractivity contribution in [2.75, 3.05) is 20.7 Å². The van der Waals surface area contributed by atoms with Crippen LogP contribution in [0.15, 0.2) is 4.99 Å². The summed E-state index contributed by atoms with van der Waals surface area (Å²) in [5.74, 6) is 0. The normalized spacial score (nSPS) is 42.8. The van der Waals surface area contributed by atoms with Gasteiger partial charge in [-0.15, -0.1) is 0 Å². The summed E-state index contributed by atoms with van der Waals surface area (Å²) in [4.78, 5) is 6.13. The van der Waals surface area contributed by atoms with Crippen molar-refractivity contribution in [3.05, 3.63) is 0 Å². The second kappa shape index (κ2) is 4.50. The number of aliphatic hydroxyl groups excluding tert-OH is 3. The number of thioether (sulfide) groups is 1. The molecule has 1 fully saturated rings. The summed E-state index contributed by atoms with van der Waals surface area (Å²) in [7, 11) is 3.71. The quantitative estimate of drug-likeness (QED) is 0.521. The zero-order valence-electron chi connectivity index (χ0n) is 9.15. The number of nitrogens with zero attached hydrogens (tertiary/aromatic N) is 2. The number of ether oxygens (including phenoxy) is 1. The Hall–Kier alpha value is -0.340. The average molecular weight is 248 g/mol. The van der Waals surface area contributed by atoms with E-state index < -0.39 is 24.4 Å². The maximum atomic E-state index is 9.87. The van der Waals surface area contributed by atoms with Gasteiger partial charge in [0.25, 0.3) is 0 Å². The van der Waals surface area contributed by atoms with E-state index in [-0.39, 0.29) is 12.0 Å². The van der Waals surface area contributed by atoms with Crippen molar-refractivity contribution in [1.82, 2.24) is 4.90 Å². The van der Waals surface area contributed by atoms with Crippen molar-refractivity contribution in [2.24, 2.45) is 4.99 Å². The second-order valence-corrected chi connectivity index (χ2v) is 5.19. The Morgan fingerprint density at radius 3 is 2.62 bits per heavy atom. The van der Waals surface area contributed by atoms with E-state index in [1.165, 1.54) is 11.8 Å². The van der Waals surface area contributed by atoms with Crippen LogP contribution in [0.25, 0.3) is 0 Å². The fourth-order valence-corrected chi connectivity index (χ4v) is 2.95. The van der Waals surface area contributed by atoms with Gasteiger partial charge in [0.05, 0.1) is 6.61 Å². The molecule has 2 aliphatic heterocycles. The Morgan fingerprint density at radius 2 is 2.06 bits per heavy atom. The van der Waals surface area contributed by atoms with Gasteiger partial charge < -0.3 is 25.0 Å². The van der Waals surface area contributed by atoms with E-state index in [2.05, 4.69) is 4.99 Å². The molecule has 16 heavy (non-hydrogen) atoms. The number of aliphatic imine (C=N–C) groups is 1. The molecule has 2 heterocycles. The van der Waals surface area contributed by atoms with Crippen LogP contribution in [0.1, 0.15) is 0 Å². The molecule has 0 aromatic heterocycles. The predicted molar refractivity (Wildman–Crippen MR) is 60.3 cm³/mol. The minimum atomic E-state index is -1.09. The summed E-state index contributed by atoms with van der Waals surface area (Å²) in [5, 5.41) is 29.3. The van der Waals surface area contributed by atoms with Gasteiger partial charge in [-0.2, -0.15) is 0 Å². The molecule has 0 amide bonds. The Morgan fingerprint density at radius 1 is 1.38 bits per heavy atom. The summed E-state index contributed by atoms with van der Waals surface area (Å²) in [6.45, 7) is -0.306. The second-order valence-electron chi connectivity index (χ2n) is 4.12. The monoisotopic (exact) mass is 248 g/mol. The lowest BCUT2D eigenvalue weighted by Gasteiger charge is -2.37. The highest BCUT2D eigenvalue weighted by Crippen LogP contribution is 2.36. The molecule has 0 aromatic carbocycles. The zero-order chi connectivity index (χ0) is 11.9. The van der Waals surface area contributed by atoms with E-state index in [9.17, 15) is 10.2 Å². The van der Waals surface area contributed by atoms with Gasteiger partial charge in [-0.05, 0) is 0 Å². The Labute approximate surface area is 97.9 Å². The highest BCUT2D eigenvalue weighted by Gasteiger charge is 2.48. The third-order valence-electron chi connectivity index (χ3n) is 2.71. The molecular weight excluding hydrogens is 232 g/mol. The van der Waals surface area contributed by atoms with Crippen LogP contribution in [-0.4, -0.2) is 75.9 Å². The number of hydrogen-bond donors (Lipinski definition) is 3. The molecule has 0 saturated carbocycles. The van der Waals surface area contributed by atoms with Gasteiger partial charge in [-0.1, -0.05) is 11.8 Å². The van der Waals surface area contributed by atoms with Crippen LogP contribution in [0.4, 0.5) is 0 Å². The van der Waals surface area contributed by atoms with Crippen LogP contribution in [0.5, 0.6) is 0 Å². The third kappa shape index (κ3) is 1.93. The molecule has 2 aliphatic rings. The molecule has 0 aliphatic carbocycles. The molecule has 3 N–H and O–H groups in total. The van der Waals surface area contributed by atoms with Gasteiger partial charge in [0, 0.05) is 14.1 Å². The van der Waals surface area contributed by atoms with E-state index in [0.717, 1.165) is 5.17 Å². The fraction of sp³-hybridized carbons (Fsp3) is 0.889. The predicted octanol–water partition coefficient (Wildman–Crippen LogP) is -1.54. The summed E-state index contributed by atoms with van der Waals surface area (Å²) in [5.41, 5.74) is -0.326. The molecular formula is C9H16N2O4S. The van der Waals surface area contributed by atoms with E-state index in [1.54, 1.807) is 0 Å². The number of fused-ring (bicyclic) bond motifs is 1. The Bertz CT molecular complexity index is 299. The Kier molecular flexibility index (Phi) is 3.41. The number of hydrogen-bond acceptors (Lipinski definition) is 7. The van der Waals surface area contributed by atoms with Crippen LogP contribution in [0, 0.1) is 0 Å². The molecule has 7 heteroatoms. The maximum Gasteiger partial charge on any atom is 0.161 e. The van der Waals surface area contributed by atoms with Gasteiger partial charge in [0.1, 0.15) is 29.8 Å². The standard InChI is InChI=1S/C9H16N2O4S/c1-11(2)9-10-5-7(14)6(13)4(3-12)15-8(5)16-9/h4-8,12-14H,3H2,1-2H3/t4-,5?,6-,7-,8+/m1/s1. The molecule has 0 radical (unpaired) electrons. The van der Waals surface area contributed by atoms with Crippen molar-refractivity contribution in [2.45, 2.75) is 29.8 Å². The number of amidine groups is 1. The first-order valence-electron chi connectivity index (χ1n) is 5.09. The first-order chi connectivity index (χ1) is 7.54. The zero-order valence-corrected chi connectivity index (χ0v) is 9.96. The lowest BCUT2D eigenvalue weighted by molar-refractivity contribution is -0.164. The SMILES string of the molecule is CN(C)C1=NC2[C@@H](O)[C@H](O)[C@@H](CO)O[C@H]2S1. The molecule has 1 unspecified atom stereocenters. The van der Waals surface area contributed by atoms with Gasteiger partial charge in [0.2, 0.25) is 0 Å². The van der Waals surface area contributed by atoms with Crippen LogP contribution in [0.3, 0.4) is 0 Å². The molecule has 0 spiro atoms. The summed E-state index contributed by atoms with van der Waals surface area (Å²) < 4.78 is 5.48. The smallest absolute Gasteiger partial charge is 0.161 e. The third-order valence-corrected chi connectivity index (χ3v) is 4.02. The number of aliphatic hydroxyl groups is 3. The van der Waals surface area contributed by atoms with Gasteiger partial charge in [-0.25, -0.2) is 0 Å².